The molecule has 4 aromatic rings. The van der Waals surface area contributed by atoms with Crippen molar-refractivity contribution in [2.24, 2.45) is 0 Å². The smallest absolute Gasteiger partial charge is 0.253 e. The third kappa shape index (κ3) is 3.41. The molecular formula is C24H23N3O. The van der Waals surface area contributed by atoms with Gasteiger partial charge in [0.05, 0.1) is 11.4 Å². The fraction of sp³-hybridized carbons (Fsp3) is 0.167. The Hall–Kier alpha value is -3.40. The van der Waals surface area contributed by atoms with E-state index in [2.05, 4.69) is 29.4 Å². The third-order valence-electron chi connectivity index (χ3n) is 5.00. The minimum absolute atomic E-state index is 0.00727. The lowest BCUT2D eigenvalue weighted by Crippen LogP contribution is -2.26. The average Bonchev–Trinajstić information content (AvgIpc) is 3.06. The molecule has 0 bridgehead atoms. The topological polar surface area (TPSA) is 38.1 Å². The molecule has 0 aliphatic carbocycles. The molecule has 4 rings (SSSR count). The number of benzene rings is 3. The zero-order chi connectivity index (χ0) is 19.7. The van der Waals surface area contributed by atoms with Gasteiger partial charge in [0.1, 0.15) is 0 Å². The fourth-order valence-electron chi connectivity index (χ4n) is 3.61. The molecule has 0 atom stereocenters. The average molecular weight is 369 g/mol. The van der Waals surface area contributed by atoms with Gasteiger partial charge in [-0.15, -0.1) is 0 Å². The Morgan fingerprint density at radius 2 is 1.68 bits per heavy atom. The first-order chi connectivity index (χ1) is 13.5. The van der Waals surface area contributed by atoms with Gasteiger partial charge in [-0.1, -0.05) is 42.5 Å². The van der Waals surface area contributed by atoms with Gasteiger partial charge in [0.15, 0.2) is 0 Å². The summed E-state index contributed by atoms with van der Waals surface area (Å²) in [5, 5.41) is 6.87. The normalized spacial score (nSPS) is 11.0. The van der Waals surface area contributed by atoms with Gasteiger partial charge in [0.25, 0.3) is 5.91 Å². The van der Waals surface area contributed by atoms with Crippen molar-refractivity contribution in [2.75, 3.05) is 7.05 Å². The van der Waals surface area contributed by atoms with Crippen molar-refractivity contribution in [3.63, 3.8) is 0 Å². The highest BCUT2D eigenvalue weighted by Gasteiger charge is 2.14. The lowest BCUT2D eigenvalue weighted by molar-refractivity contribution is 0.0785. The summed E-state index contributed by atoms with van der Waals surface area (Å²) in [7, 11) is 1.85. The van der Waals surface area contributed by atoms with Crippen LogP contribution in [0, 0.1) is 13.8 Å². The molecular weight excluding hydrogens is 346 g/mol. The SMILES string of the molecule is Cc1cc(C)n(-c2ccc(C(=O)N(C)Cc3cccc4ccccc34)cc2)n1. The van der Waals surface area contributed by atoms with Gasteiger partial charge in [-0.05, 0) is 60.5 Å². The fourth-order valence-corrected chi connectivity index (χ4v) is 3.61. The Balaban J connectivity index is 1.54. The van der Waals surface area contributed by atoms with Crippen molar-refractivity contribution in [2.45, 2.75) is 20.4 Å². The highest BCUT2D eigenvalue weighted by molar-refractivity contribution is 5.94. The summed E-state index contributed by atoms with van der Waals surface area (Å²) in [5.41, 5.74) is 4.83. The van der Waals surface area contributed by atoms with Crippen LogP contribution in [-0.4, -0.2) is 27.6 Å². The van der Waals surface area contributed by atoms with Crippen LogP contribution in [0.1, 0.15) is 27.3 Å². The number of amides is 1. The number of carbonyl (C=O) groups excluding carboxylic acids is 1. The molecule has 4 heteroatoms. The van der Waals surface area contributed by atoms with Gasteiger partial charge < -0.3 is 4.90 Å². The predicted octanol–water partition coefficient (Wildman–Crippen LogP) is 4.91. The molecule has 4 nitrogen and oxygen atoms in total. The maximum Gasteiger partial charge on any atom is 0.253 e. The zero-order valence-corrected chi connectivity index (χ0v) is 16.4. The number of hydrogen-bond acceptors (Lipinski definition) is 2. The van der Waals surface area contributed by atoms with Gasteiger partial charge in [-0.25, -0.2) is 4.68 Å². The first kappa shape index (κ1) is 18.0. The number of rotatable bonds is 4. The van der Waals surface area contributed by atoms with E-state index < -0.39 is 0 Å². The second-order valence-electron chi connectivity index (χ2n) is 7.19. The summed E-state index contributed by atoms with van der Waals surface area (Å²) in [6.45, 7) is 4.57. The highest BCUT2D eigenvalue weighted by atomic mass is 16.2. The van der Waals surface area contributed by atoms with Crippen LogP contribution >= 0.6 is 0 Å². The molecule has 0 aliphatic rings. The number of carbonyl (C=O) groups is 1. The number of hydrogen-bond donors (Lipinski definition) is 0. The molecule has 1 amide bonds. The largest absolute Gasteiger partial charge is 0.337 e. The standard InChI is InChI=1S/C24H23N3O/c1-17-15-18(2)27(25-17)22-13-11-20(12-14-22)24(28)26(3)16-21-9-6-8-19-7-4-5-10-23(19)21/h4-15H,16H2,1-3H3. The first-order valence-corrected chi connectivity index (χ1v) is 9.39. The molecule has 0 aliphatic heterocycles. The van der Waals surface area contributed by atoms with Crippen LogP contribution in [0.5, 0.6) is 0 Å². The lowest BCUT2D eigenvalue weighted by Gasteiger charge is -2.19. The molecule has 0 saturated heterocycles. The van der Waals surface area contributed by atoms with Gasteiger partial charge in [0, 0.05) is 24.8 Å². The van der Waals surface area contributed by atoms with Crippen LogP contribution < -0.4 is 0 Å². The van der Waals surface area contributed by atoms with Gasteiger partial charge >= 0.3 is 0 Å². The Morgan fingerprint density at radius 1 is 0.964 bits per heavy atom. The summed E-state index contributed by atoms with van der Waals surface area (Å²) in [6, 6.07) is 24.1. The van der Waals surface area contributed by atoms with Gasteiger partial charge in [0.2, 0.25) is 0 Å². The highest BCUT2D eigenvalue weighted by Crippen LogP contribution is 2.21. The second kappa shape index (κ2) is 7.31. The Labute approximate surface area is 165 Å². The molecule has 0 unspecified atom stereocenters. The lowest BCUT2D eigenvalue weighted by atomic mass is 10.0. The van der Waals surface area contributed by atoms with Crippen LogP contribution in [0.25, 0.3) is 16.5 Å². The Morgan fingerprint density at radius 3 is 2.39 bits per heavy atom. The van der Waals surface area contributed by atoms with E-state index in [-0.39, 0.29) is 5.91 Å². The van der Waals surface area contributed by atoms with Crippen molar-refractivity contribution in [3.05, 3.63) is 95.3 Å². The summed E-state index contributed by atoms with van der Waals surface area (Å²) in [5.74, 6) is 0.00727. The van der Waals surface area contributed by atoms with E-state index in [1.54, 1.807) is 4.90 Å². The van der Waals surface area contributed by atoms with E-state index >= 15 is 0 Å². The molecule has 3 aromatic carbocycles. The molecule has 28 heavy (non-hydrogen) atoms. The van der Waals surface area contributed by atoms with E-state index in [0.717, 1.165) is 22.6 Å². The number of aryl methyl sites for hydroxylation is 2. The van der Waals surface area contributed by atoms with Crippen LogP contribution in [0.15, 0.2) is 72.8 Å². The summed E-state index contributed by atoms with van der Waals surface area (Å²) in [6.07, 6.45) is 0. The molecule has 0 saturated carbocycles. The summed E-state index contributed by atoms with van der Waals surface area (Å²) >= 11 is 0. The van der Waals surface area contributed by atoms with E-state index in [4.69, 9.17) is 0 Å². The van der Waals surface area contributed by atoms with Crippen molar-refractivity contribution in [1.29, 1.82) is 0 Å². The molecule has 1 heterocycles. The Bertz CT molecular complexity index is 1140. The second-order valence-corrected chi connectivity index (χ2v) is 7.19. The van der Waals surface area contributed by atoms with E-state index in [9.17, 15) is 4.79 Å². The van der Waals surface area contributed by atoms with Crippen molar-refractivity contribution in [1.82, 2.24) is 14.7 Å². The maximum atomic E-state index is 12.9. The van der Waals surface area contributed by atoms with Gasteiger partial charge in [-0.3, -0.25) is 4.79 Å². The first-order valence-electron chi connectivity index (χ1n) is 9.39. The summed E-state index contributed by atoms with van der Waals surface area (Å²) in [4.78, 5) is 14.7. The molecule has 0 fully saturated rings. The van der Waals surface area contributed by atoms with Crippen LogP contribution in [0.2, 0.25) is 0 Å². The van der Waals surface area contributed by atoms with Crippen molar-refractivity contribution >= 4 is 16.7 Å². The van der Waals surface area contributed by atoms with Crippen LogP contribution in [0.3, 0.4) is 0 Å². The quantitative estimate of drug-likeness (QED) is 0.512. The molecule has 1 aromatic heterocycles. The minimum Gasteiger partial charge on any atom is -0.337 e. The molecule has 140 valence electrons. The molecule has 0 radical (unpaired) electrons. The van der Waals surface area contributed by atoms with Gasteiger partial charge in [-0.2, -0.15) is 5.10 Å². The molecule has 0 N–H and O–H groups in total. The van der Waals surface area contributed by atoms with E-state index in [0.29, 0.717) is 12.1 Å². The number of aromatic nitrogens is 2. The minimum atomic E-state index is 0.00727. The third-order valence-corrected chi connectivity index (χ3v) is 5.00. The Kier molecular flexibility index (Phi) is 4.70. The maximum absolute atomic E-state index is 12.9. The van der Waals surface area contributed by atoms with Crippen molar-refractivity contribution < 1.29 is 4.79 Å². The number of nitrogens with zero attached hydrogens (tertiary/aromatic N) is 3. The van der Waals surface area contributed by atoms with E-state index in [1.165, 1.54) is 10.8 Å². The van der Waals surface area contributed by atoms with Crippen LogP contribution in [-0.2, 0) is 6.54 Å². The number of fused-ring (bicyclic) bond motifs is 1. The zero-order valence-electron chi connectivity index (χ0n) is 16.4. The van der Waals surface area contributed by atoms with Crippen molar-refractivity contribution in [3.8, 4) is 5.69 Å². The molecule has 0 spiro atoms. The van der Waals surface area contributed by atoms with Crippen LogP contribution in [0.4, 0.5) is 0 Å². The predicted molar refractivity (Wildman–Crippen MR) is 113 cm³/mol. The summed E-state index contributed by atoms with van der Waals surface area (Å²) < 4.78 is 1.89. The monoisotopic (exact) mass is 369 g/mol. The van der Waals surface area contributed by atoms with E-state index in [1.807, 2.05) is 74.1 Å².